The molecule has 1 unspecified atom stereocenters. The van der Waals surface area contributed by atoms with Crippen LogP contribution < -0.4 is 0 Å². The maximum absolute atomic E-state index is 12.9. The van der Waals surface area contributed by atoms with Crippen molar-refractivity contribution in [1.29, 1.82) is 5.26 Å². The lowest BCUT2D eigenvalue weighted by Gasteiger charge is -2.03. The summed E-state index contributed by atoms with van der Waals surface area (Å²) in [5.74, 6) is -1.51. The first-order valence-electron chi connectivity index (χ1n) is 4.25. The van der Waals surface area contributed by atoms with Crippen molar-refractivity contribution in [3.8, 4) is 6.07 Å². The highest BCUT2D eigenvalue weighted by molar-refractivity contribution is 5.99. The SMILES string of the molecule is Cc1cc(F)cc(C(=O)C(C)C#N)c1. The Kier molecular flexibility index (Phi) is 2.98. The molecule has 1 aromatic carbocycles. The van der Waals surface area contributed by atoms with Crippen LogP contribution in [0, 0.1) is 30.0 Å². The fourth-order valence-electron chi connectivity index (χ4n) is 1.19. The van der Waals surface area contributed by atoms with E-state index in [0.29, 0.717) is 5.56 Å². The number of Topliss-reactive ketones (excluding diaryl/α,β-unsaturated/α-hetero) is 1. The van der Waals surface area contributed by atoms with Gasteiger partial charge in [-0.2, -0.15) is 5.26 Å². The van der Waals surface area contributed by atoms with Crippen molar-refractivity contribution in [2.45, 2.75) is 13.8 Å². The van der Waals surface area contributed by atoms with Gasteiger partial charge in [0.2, 0.25) is 0 Å². The first kappa shape index (κ1) is 10.4. The molecule has 0 heterocycles. The number of ketones is 1. The fraction of sp³-hybridized carbons (Fsp3) is 0.273. The van der Waals surface area contributed by atoms with Crippen molar-refractivity contribution in [3.05, 3.63) is 35.1 Å². The van der Waals surface area contributed by atoms with E-state index in [4.69, 9.17) is 5.26 Å². The highest BCUT2D eigenvalue weighted by atomic mass is 19.1. The van der Waals surface area contributed by atoms with Crippen LogP contribution in [0.2, 0.25) is 0 Å². The van der Waals surface area contributed by atoms with Gasteiger partial charge in [0.1, 0.15) is 11.7 Å². The van der Waals surface area contributed by atoms with Gasteiger partial charge in [0.25, 0.3) is 0 Å². The number of nitrogens with zero attached hydrogens (tertiary/aromatic N) is 1. The van der Waals surface area contributed by atoms with Gasteiger partial charge in [-0.05, 0) is 37.6 Å². The molecule has 0 fully saturated rings. The number of hydrogen-bond acceptors (Lipinski definition) is 2. The molecule has 1 rings (SSSR count). The van der Waals surface area contributed by atoms with E-state index in [9.17, 15) is 9.18 Å². The zero-order valence-electron chi connectivity index (χ0n) is 8.04. The summed E-state index contributed by atoms with van der Waals surface area (Å²) >= 11 is 0. The van der Waals surface area contributed by atoms with Crippen LogP contribution in [0.15, 0.2) is 18.2 Å². The van der Waals surface area contributed by atoms with Gasteiger partial charge in [-0.3, -0.25) is 4.79 Å². The molecule has 0 aromatic heterocycles. The molecule has 1 aromatic rings. The molecule has 0 aliphatic heterocycles. The summed E-state index contributed by atoms with van der Waals surface area (Å²) in [5, 5.41) is 8.54. The highest BCUT2D eigenvalue weighted by Crippen LogP contribution is 2.12. The molecular formula is C11H10FNO. The molecule has 72 valence electrons. The summed E-state index contributed by atoms with van der Waals surface area (Å²) in [6.45, 7) is 3.21. The quantitative estimate of drug-likeness (QED) is 0.674. The maximum Gasteiger partial charge on any atom is 0.179 e. The number of benzene rings is 1. The topological polar surface area (TPSA) is 40.9 Å². The van der Waals surface area contributed by atoms with E-state index in [0.717, 1.165) is 6.07 Å². The third kappa shape index (κ3) is 2.17. The predicted molar refractivity (Wildman–Crippen MR) is 50.2 cm³/mol. The molecule has 0 aliphatic rings. The average molecular weight is 191 g/mol. The van der Waals surface area contributed by atoms with Gasteiger partial charge in [-0.1, -0.05) is 0 Å². The highest BCUT2D eigenvalue weighted by Gasteiger charge is 2.15. The smallest absolute Gasteiger partial charge is 0.179 e. The zero-order valence-corrected chi connectivity index (χ0v) is 8.04. The fourth-order valence-corrected chi connectivity index (χ4v) is 1.19. The van der Waals surface area contributed by atoms with Crippen molar-refractivity contribution < 1.29 is 9.18 Å². The van der Waals surface area contributed by atoms with Gasteiger partial charge in [-0.15, -0.1) is 0 Å². The molecule has 0 saturated heterocycles. The van der Waals surface area contributed by atoms with E-state index in [2.05, 4.69) is 0 Å². The van der Waals surface area contributed by atoms with E-state index in [-0.39, 0.29) is 11.3 Å². The Bertz CT molecular complexity index is 386. The number of hydrogen-bond donors (Lipinski definition) is 0. The molecule has 2 nitrogen and oxygen atoms in total. The van der Waals surface area contributed by atoms with E-state index in [1.165, 1.54) is 13.0 Å². The van der Waals surface area contributed by atoms with Gasteiger partial charge in [0.05, 0.1) is 6.07 Å². The maximum atomic E-state index is 12.9. The van der Waals surface area contributed by atoms with Crippen LogP contribution in [0.25, 0.3) is 0 Å². The molecule has 14 heavy (non-hydrogen) atoms. The minimum absolute atomic E-state index is 0.261. The summed E-state index contributed by atoms with van der Waals surface area (Å²) in [6.07, 6.45) is 0. The average Bonchev–Trinajstić information content (AvgIpc) is 2.14. The molecule has 1 atom stereocenters. The lowest BCUT2D eigenvalue weighted by Crippen LogP contribution is -2.09. The van der Waals surface area contributed by atoms with Gasteiger partial charge in [0, 0.05) is 5.56 Å². The predicted octanol–water partition coefficient (Wildman–Crippen LogP) is 2.48. The van der Waals surface area contributed by atoms with Gasteiger partial charge < -0.3 is 0 Å². The summed E-state index contributed by atoms with van der Waals surface area (Å²) < 4.78 is 12.9. The molecule has 0 N–H and O–H groups in total. The third-order valence-corrected chi connectivity index (χ3v) is 1.91. The number of carbonyl (C=O) groups is 1. The van der Waals surface area contributed by atoms with Gasteiger partial charge >= 0.3 is 0 Å². The zero-order chi connectivity index (χ0) is 10.7. The van der Waals surface area contributed by atoms with Crippen LogP contribution in [0.1, 0.15) is 22.8 Å². The van der Waals surface area contributed by atoms with Gasteiger partial charge in [0.15, 0.2) is 5.78 Å². The molecule has 0 amide bonds. The number of nitriles is 1. The van der Waals surface area contributed by atoms with Crippen LogP contribution >= 0.6 is 0 Å². The number of rotatable bonds is 2. The van der Waals surface area contributed by atoms with Crippen molar-refractivity contribution in [3.63, 3.8) is 0 Å². The Morgan fingerprint density at radius 2 is 2.14 bits per heavy atom. The van der Waals surface area contributed by atoms with Crippen LogP contribution in [0.3, 0.4) is 0 Å². The summed E-state index contributed by atoms with van der Waals surface area (Å²) in [5.41, 5.74) is 0.940. The summed E-state index contributed by atoms with van der Waals surface area (Å²) in [6, 6.07) is 5.91. The van der Waals surface area contributed by atoms with Crippen LogP contribution in [-0.4, -0.2) is 5.78 Å². The monoisotopic (exact) mass is 191 g/mol. The largest absolute Gasteiger partial charge is 0.293 e. The third-order valence-electron chi connectivity index (χ3n) is 1.91. The molecule has 0 spiro atoms. The Labute approximate surface area is 82.0 Å². The second-order valence-electron chi connectivity index (χ2n) is 3.23. The molecule has 3 heteroatoms. The number of aryl methyl sites for hydroxylation is 1. The van der Waals surface area contributed by atoms with E-state index >= 15 is 0 Å². The lowest BCUT2D eigenvalue weighted by atomic mass is 9.99. The van der Waals surface area contributed by atoms with Crippen molar-refractivity contribution in [2.75, 3.05) is 0 Å². The van der Waals surface area contributed by atoms with Crippen molar-refractivity contribution in [1.82, 2.24) is 0 Å². The first-order valence-corrected chi connectivity index (χ1v) is 4.25. The second kappa shape index (κ2) is 4.01. The van der Waals surface area contributed by atoms with Crippen LogP contribution in [0.4, 0.5) is 4.39 Å². The summed E-state index contributed by atoms with van der Waals surface area (Å²) in [4.78, 5) is 11.5. The Balaban J connectivity index is 3.09. The number of carbonyl (C=O) groups excluding carboxylic acids is 1. The Morgan fingerprint density at radius 1 is 1.50 bits per heavy atom. The molecule has 0 aliphatic carbocycles. The molecule has 0 saturated carbocycles. The van der Waals surface area contributed by atoms with E-state index in [1.807, 2.05) is 6.07 Å². The van der Waals surface area contributed by atoms with Crippen LogP contribution in [-0.2, 0) is 0 Å². The van der Waals surface area contributed by atoms with Gasteiger partial charge in [-0.25, -0.2) is 4.39 Å². The van der Waals surface area contributed by atoms with Crippen molar-refractivity contribution in [2.24, 2.45) is 5.92 Å². The second-order valence-corrected chi connectivity index (χ2v) is 3.23. The standard InChI is InChI=1S/C11H10FNO/c1-7-3-9(5-10(12)4-7)11(14)8(2)6-13/h3-5,8H,1-2H3. The summed E-state index contributed by atoms with van der Waals surface area (Å²) in [7, 11) is 0. The molecular weight excluding hydrogens is 181 g/mol. The lowest BCUT2D eigenvalue weighted by molar-refractivity contribution is 0.0956. The van der Waals surface area contributed by atoms with Crippen molar-refractivity contribution >= 4 is 5.78 Å². The van der Waals surface area contributed by atoms with E-state index < -0.39 is 11.7 Å². The minimum atomic E-state index is -0.726. The normalized spacial score (nSPS) is 11.9. The van der Waals surface area contributed by atoms with Crippen LogP contribution in [0.5, 0.6) is 0 Å². The minimum Gasteiger partial charge on any atom is -0.293 e. The first-order chi connectivity index (χ1) is 6.54. The number of halogens is 1. The Morgan fingerprint density at radius 3 is 2.64 bits per heavy atom. The van der Waals surface area contributed by atoms with E-state index in [1.54, 1.807) is 13.0 Å². The Hall–Kier alpha value is -1.69. The molecule has 0 radical (unpaired) electrons. The molecule has 0 bridgehead atoms.